The number of nitrogens with zero attached hydrogens (tertiary/aromatic N) is 4. The third-order valence-electron chi connectivity index (χ3n) is 4.48. The predicted octanol–water partition coefficient (Wildman–Crippen LogP) is 3.03. The van der Waals surface area contributed by atoms with Crippen molar-refractivity contribution in [1.29, 1.82) is 0 Å². The van der Waals surface area contributed by atoms with Crippen LogP contribution >= 0.6 is 0 Å². The van der Waals surface area contributed by atoms with Crippen molar-refractivity contribution in [2.75, 3.05) is 24.5 Å². The maximum atomic E-state index is 13.2. The Bertz CT molecular complexity index is 914. The van der Waals surface area contributed by atoms with E-state index in [9.17, 15) is 13.2 Å². The van der Waals surface area contributed by atoms with Gasteiger partial charge in [-0.15, -0.1) is 0 Å². The van der Waals surface area contributed by atoms with Crippen LogP contribution in [0.2, 0.25) is 0 Å². The van der Waals surface area contributed by atoms with Gasteiger partial charge in [0.05, 0.1) is 17.4 Å². The molecule has 0 aliphatic carbocycles. The first kappa shape index (κ1) is 16.7. The smallest absolute Gasteiger partial charge is 0.368 e. The predicted molar refractivity (Wildman–Crippen MR) is 92.8 cm³/mol. The van der Waals surface area contributed by atoms with Gasteiger partial charge in [-0.25, -0.2) is 4.98 Å². The first-order valence-electron chi connectivity index (χ1n) is 8.22. The van der Waals surface area contributed by atoms with E-state index in [1.165, 1.54) is 0 Å². The quantitative estimate of drug-likeness (QED) is 0.762. The van der Waals surface area contributed by atoms with E-state index in [2.05, 4.69) is 20.3 Å². The molecule has 26 heavy (non-hydrogen) atoms. The highest BCUT2D eigenvalue weighted by atomic mass is 19.4. The van der Waals surface area contributed by atoms with Crippen LogP contribution in [0.4, 0.5) is 18.9 Å². The zero-order valence-electron chi connectivity index (χ0n) is 13.7. The summed E-state index contributed by atoms with van der Waals surface area (Å²) < 4.78 is 39.5. The second-order valence-corrected chi connectivity index (χ2v) is 6.15. The van der Waals surface area contributed by atoms with Gasteiger partial charge in [0.2, 0.25) is 0 Å². The summed E-state index contributed by atoms with van der Waals surface area (Å²) >= 11 is 0. The largest absolute Gasteiger partial charge is 0.405 e. The van der Waals surface area contributed by atoms with Gasteiger partial charge in [-0.05, 0) is 24.3 Å². The molecule has 0 radical (unpaired) electrons. The number of hydrogen-bond donors (Lipinski definition) is 1. The summed E-state index contributed by atoms with van der Waals surface area (Å²) in [4.78, 5) is 14.5. The molecule has 0 bridgehead atoms. The van der Waals surface area contributed by atoms with Gasteiger partial charge >= 0.3 is 6.18 Å². The van der Waals surface area contributed by atoms with Gasteiger partial charge < -0.3 is 10.2 Å². The van der Waals surface area contributed by atoms with E-state index in [-0.39, 0.29) is 13.1 Å². The third kappa shape index (κ3) is 3.20. The molecule has 1 fully saturated rings. The standard InChI is InChI=1S/C18H16F3N5/c19-18(20,21)17-11-26(8-7-24-17)16-9-14(12-1-4-22-5-2-12)25-15-10-23-6-3-13(15)16/h1-6,9-10,17,24H,7-8,11H2. The second-order valence-electron chi connectivity index (χ2n) is 6.15. The monoisotopic (exact) mass is 359 g/mol. The second kappa shape index (κ2) is 6.53. The minimum absolute atomic E-state index is 0.138. The summed E-state index contributed by atoms with van der Waals surface area (Å²) in [6.07, 6.45) is 2.30. The highest BCUT2D eigenvalue weighted by Gasteiger charge is 2.42. The molecule has 0 spiro atoms. The first-order chi connectivity index (χ1) is 12.5. The Morgan fingerprint density at radius 3 is 2.62 bits per heavy atom. The van der Waals surface area contributed by atoms with Crippen molar-refractivity contribution in [2.24, 2.45) is 0 Å². The zero-order chi connectivity index (χ0) is 18.1. The fourth-order valence-electron chi connectivity index (χ4n) is 3.18. The normalized spacial score (nSPS) is 18.3. The van der Waals surface area contributed by atoms with Crippen LogP contribution < -0.4 is 10.2 Å². The van der Waals surface area contributed by atoms with Crippen LogP contribution in [-0.4, -0.2) is 46.8 Å². The minimum Gasteiger partial charge on any atom is -0.368 e. The third-order valence-corrected chi connectivity index (χ3v) is 4.48. The van der Waals surface area contributed by atoms with Gasteiger partial charge in [0.15, 0.2) is 0 Å². The molecule has 8 heteroatoms. The molecule has 3 aromatic rings. The van der Waals surface area contributed by atoms with E-state index in [1.807, 2.05) is 18.2 Å². The molecule has 5 nitrogen and oxygen atoms in total. The van der Waals surface area contributed by atoms with E-state index in [0.717, 1.165) is 16.6 Å². The van der Waals surface area contributed by atoms with Crippen LogP contribution in [0, 0.1) is 0 Å². The first-order valence-corrected chi connectivity index (χ1v) is 8.22. The lowest BCUT2D eigenvalue weighted by Crippen LogP contribution is -2.57. The number of fused-ring (bicyclic) bond motifs is 1. The van der Waals surface area contributed by atoms with E-state index >= 15 is 0 Å². The van der Waals surface area contributed by atoms with E-state index in [0.29, 0.717) is 17.8 Å². The SMILES string of the molecule is FC(F)(F)C1CN(c2cc(-c3ccncc3)nc3cnccc23)CCN1. The zero-order valence-corrected chi connectivity index (χ0v) is 13.7. The van der Waals surface area contributed by atoms with Crippen molar-refractivity contribution in [3.05, 3.63) is 49.1 Å². The van der Waals surface area contributed by atoms with E-state index in [4.69, 9.17) is 0 Å². The van der Waals surface area contributed by atoms with Crippen molar-refractivity contribution in [3.63, 3.8) is 0 Å². The van der Waals surface area contributed by atoms with Crippen LogP contribution in [-0.2, 0) is 0 Å². The molecule has 0 aromatic carbocycles. The summed E-state index contributed by atoms with van der Waals surface area (Å²) in [7, 11) is 0. The van der Waals surface area contributed by atoms with Gasteiger partial charge in [-0.1, -0.05) is 0 Å². The lowest BCUT2D eigenvalue weighted by molar-refractivity contribution is -0.155. The number of pyridine rings is 3. The summed E-state index contributed by atoms with van der Waals surface area (Å²) in [6.45, 7) is 0.619. The van der Waals surface area contributed by atoms with Crippen LogP contribution in [0.3, 0.4) is 0 Å². The molecule has 0 amide bonds. The van der Waals surface area contributed by atoms with Crippen LogP contribution in [0.5, 0.6) is 0 Å². The maximum absolute atomic E-state index is 13.2. The molecule has 1 atom stereocenters. The summed E-state index contributed by atoms with van der Waals surface area (Å²) in [5, 5.41) is 3.34. The maximum Gasteiger partial charge on any atom is 0.405 e. The van der Waals surface area contributed by atoms with Gasteiger partial charge in [0, 0.05) is 54.9 Å². The molecule has 1 N–H and O–H groups in total. The Hall–Kier alpha value is -2.74. The average molecular weight is 359 g/mol. The van der Waals surface area contributed by atoms with Crippen LogP contribution in [0.1, 0.15) is 0 Å². The highest BCUT2D eigenvalue weighted by Crippen LogP contribution is 2.32. The minimum atomic E-state index is -4.28. The molecular formula is C18H16F3N5. The molecule has 1 unspecified atom stereocenters. The highest BCUT2D eigenvalue weighted by molar-refractivity contribution is 5.93. The molecular weight excluding hydrogens is 343 g/mol. The van der Waals surface area contributed by atoms with Crippen molar-refractivity contribution in [1.82, 2.24) is 20.3 Å². The van der Waals surface area contributed by atoms with E-state index < -0.39 is 12.2 Å². The number of halogens is 3. The summed E-state index contributed by atoms with van der Waals surface area (Å²) in [6, 6.07) is 5.73. The molecule has 0 saturated carbocycles. The number of alkyl halides is 3. The number of piperazine rings is 1. The van der Waals surface area contributed by atoms with Gasteiger partial charge in [0.1, 0.15) is 6.04 Å². The Morgan fingerprint density at radius 1 is 1.08 bits per heavy atom. The molecule has 1 aliphatic rings. The Labute approximate surface area is 147 Å². The van der Waals surface area contributed by atoms with Crippen LogP contribution in [0.25, 0.3) is 22.2 Å². The van der Waals surface area contributed by atoms with Gasteiger partial charge in [0.25, 0.3) is 0 Å². The Kier molecular flexibility index (Phi) is 4.20. The van der Waals surface area contributed by atoms with Crippen molar-refractivity contribution in [3.8, 4) is 11.3 Å². The number of anilines is 1. The van der Waals surface area contributed by atoms with E-state index in [1.54, 1.807) is 35.8 Å². The fraction of sp³-hybridized carbons (Fsp3) is 0.278. The molecule has 134 valence electrons. The molecule has 4 rings (SSSR count). The van der Waals surface area contributed by atoms with Crippen LogP contribution in [0.15, 0.2) is 49.1 Å². The van der Waals surface area contributed by atoms with Gasteiger partial charge in [-0.2, -0.15) is 13.2 Å². The average Bonchev–Trinajstić information content (AvgIpc) is 2.67. The number of rotatable bonds is 2. The van der Waals surface area contributed by atoms with Crippen molar-refractivity contribution >= 4 is 16.6 Å². The molecule has 4 heterocycles. The lowest BCUT2D eigenvalue weighted by Gasteiger charge is -2.36. The fourth-order valence-corrected chi connectivity index (χ4v) is 3.18. The summed E-state index contributed by atoms with van der Waals surface area (Å²) in [5.74, 6) is 0. The van der Waals surface area contributed by atoms with Crippen molar-refractivity contribution < 1.29 is 13.2 Å². The topological polar surface area (TPSA) is 53.9 Å². The van der Waals surface area contributed by atoms with Crippen molar-refractivity contribution in [2.45, 2.75) is 12.2 Å². The molecule has 1 saturated heterocycles. The number of hydrogen-bond acceptors (Lipinski definition) is 5. The number of nitrogens with one attached hydrogen (secondary N) is 1. The molecule has 3 aromatic heterocycles. The van der Waals surface area contributed by atoms with Gasteiger partial charge in [-0.3, -0.25) is 9.97 Å². The summed E-state index contributed by atoms with van der Waals surface area (Å²) in [5.41, 5.74) is 2.93. The molecule has 1 aliphatic heterocycles. The Balaban J connectivity index is 1.81. The number of aromatic nitrogens is 3. The lowest BCUT2D eigenvalue weighted by atomic mass is 10.1. The Morgan fingerprint density at radius 2 is 1.85 bits per heavy atom.